The molecule has 0 bridgehead atoms. The van der Waals surface area contributed by atoms with Crippen LogP contribution in [0.3, 0.4) is 0 Å². The largest absolute Gasteiger partial charge is 0.422 e. The van der Waals surface area contributed by atoms with Crippen LogP contribution in [0.5, 0.6) is 5.75 Å². The quantitative estimate of drug-likeness (QED) is 0.351. The van der Waals surface area contributed by atoms with E-state index in [4.69, 9.17) is 4.74 Å². The van der Waals surface area contributed by atoms with Gasteiger partial charge < -0.3 is 9.64 Å². The molecule has 0 atom stereocenters. The molecule has 0 saturated heterocycles. The summed E-state index contributed by atoms with van der Waals surface area (Å²) in [5, 5.41) is 0. The number of para-hydroxylation sites is 2. The van der Waals surface area contributed by atoms with Gasteiger partial charge in [0.1, 0.15) is 11.3 Å². The van der Waals surface area contributed by atoms with Crippen molar-refractivity contribution in [3.63, 3.8) is 0 Å². The van der Waals surface area contributed by atoms with Crippen molar-refractivity contribution in [2.75, 3.05) is 11.4 Å². The number of anilines is 1. The molecule has 0 radical (unpaired) electrons. The van der Waals surface area contributed by atoms with Gasteiger partial charge in [-0.2, -0.15) is 0 Å². The van der Waals surface area contributed by atoms with E-state index in [0.29, 0.717) is 11.3 Å². The van der Waals surface area contributed by atoms with E-state index in [2.05, 4.69) is 6.07 Å². The first kappa shape index (κ1) is 13.8. The third-order valence-electron chi connectivity index (χ3n) is 4.23. The van der Waals surface area contributed by atoms with Crippen LogP contribution < -0.4 is 9.64 Å². The zero-order chi connectivity index (χ0) is 15.8. The highest BCUT2D eigenvalue weighted by Gasteiger charge is 2.31. The Hall–Kier alpha value is -2.88. The number of ether oxygens (including phenoxy) is 1. The van der Waals surface area contributed by atoms with Crippen LogP contribution in [-0.2, 0) is 11.2 Å². The molecule has 4 heteroatoms. The Balaban J connectivity index is 1.75. The molecule has 2 aromatic carbocycles. The summed E-state index contributed by atoms with van der Waals surface area (Å²) in [6.45, 7) is 0.780. The molecule has 0 aliphatic carbocycles. The first-order valence-electron chi connectivity index (χ1n) is 7.66. The number of aryl methyl sites for hydroxylation is 1. The Labute approximate surface area is 134 Å². The highest BCUT2D eigenvalue weighted by atomic mass is 16.5. The molecule has 2 heterocycles. The summed E-state index contributed by atoms with van der Waals surface area (Å²) in [4.78, 5) is 26.8. The number of nitrogens with zero attached hydrogens (tertiary/aromatic N) is 1. The predicted octanol–water partition coefficient (Wildman–Crippen LogP) is 3.13. The van der Waals surface area contributed by atoms with Crippen molar-refractivity contribution in [1.82, 2.24) is 0 Å². The van der Waals surface area contributed by atoms with Crippen LogP contribution in [0.2, 0.25) is 0 Å². The number of carbonyl (C=O) groups excluding carboxylic acids is 2. The van der Waals surface area contributed by atoms with Crippen LogP contribution in [0.4, 0.5) is 5.69 Å². The average Bonchev–Trinajstić information content (AvgIpc) is 2.59. The lowest BCUT2D eigenvalue weighted by atomic mass is 9.99. The lowest BCUT2D eigenvalue weighted by Gasteiger charge is -2.29. The second-order valence-electron chi connectivity index (χ2n) is 5.68. The van der Waals surface area contributed by atoms with Gasteiger partial charge in [-0.1, -0.05) is 30.3 Å². The van der Waals surface area contributed by atoms with Crippen molar-refractivity contribution in [3.8, 4) is 5.75 Å². The number of ketones is 1. The third kappa shape index (κ3) is 2.32. The van der Waals surface area contributed by atoms with Gasteiger partial charge in [-0.3, -0.25) is 4.79 Å². The van der Waals surface area contributed by atoms with Gasteiger partial charge in [-0.25, -0.2) is 4.79 Å². The molecule has 0 N–H and O–H groups in total. The molecule has 0 fully saturated rings. The monoisotopic (exact) mass is 305 g/mol. The van der Waals surface area contributed by atoms with Crippen LogP contribution in [0, 0.1) is 0 Å². The van der Waals surface area contributed by atoms with Crippen LogP contribution in [-0.4, -0.2) is 18.3 Å². The molecule has 114 valence electrons. The minimum atomic E-state index is -0.586. The normalized spacial score (nSPS) is 18.4. The highest BCUT2D eigenvalue weighted by molar-refractivity contribution is 6.27. The van der Waals surface area contributed by atoms with Crippen LogP contribution in [0.1, 0.15) is 22.3 Å². The van der Waals surface area contributed by atoms with Crippen molar-refractivity contribution in [1.29, 1.82) is 0 Å². The van der Waals surface area contributed by atoms with E-state index >= 15 is 0 Å². The van der Waals surface area contributed by atoms with Gasteiger partial charge in [0.25, 0.3) is 0 Å². The van der Waals surface area contributed by atoms with Gasteiger partial charge in [-0.15, -0.1) is 0 Å². The lowest BCUT2D eigenvalue weighted by molar-refractivity contribution is -0.130. The Morgan fingerprint density at radius 1 is 1.00 bits per heavy atom. The molecule has 0 unspecified atom stereocenters. The third-order valence-corrected chi connectivity index (χ3v) is 4.23. The van der Waals surface area contributed by atoms with E-state index in [1.807, 2.05) is 23.1 Å². The molecule has 0 saturated carbocycles. The van der Waals surface area contributed by atoms with Crippen molar-refractivity contribution in [2.24, 2.45) is 0 Å². The fourth-order valence-corrected chi connectivity index (χ4v) is 3.10. The van der Waals surface area contributed by atoms with E-state index in [1.165, 1.54) is 5.56 Å². The van der Waals surface area contributed by atoms with Crippen LogP contribution in [0.15, 0.2) is 60.3 Å². The smallest absolute Gasteiger partial charge is 0.349 e. The summed E-state index contributed by atoms with van der Waals surface area (Å²) in [5.74, 6) is -0.532. The number of fused-ring (bicyclic) bond motifs is 2. The van der Waals surface area contributed by atoms with Crippen molar-refractivity contribution >= 4 is 17.4 Å². The molecule has 4 rings (SSSR count). The summed E-state index contributed by atoms with van der Waals surface area (Å²) in [7, 11) is 0. The summed E-state index contributed by atoms with van der Waals surface area (Å²) in [6.07, 6.45) is 3.64. The Kier molecular flexibility index (Phi) is 3.23. The molecule has 0 spiro atoms. The predicted molar refractivity (Wildman–Crippen MR) is 86.6 cm³/mol. The second-order valence-corrected chi connectivity index (χ2v) is 5.68. The van der Waals surface area contributed by atoms with E-state index in [-0.39, 0.29) is 11.4 Å². The zero-order valence-electron chi connectivity index (χ0n) is 12.5. The standard InChI is InChI=1S/C19H15NO3/c21-18-14-8-2-4-10-17(14)23-19(22)15(18)12-20-11-5-7-13-6-1-3-9-16(13)20/h1-4,6,8-10,12H,5,7,11H2/b15-12-. The SMILES string of the molecule is O=C1Oc2ccccc2C(=O)/C1=C/N1CCCc2ccccc21. The minimum Gasteiger partial charge on any atom is -0.422 e. The number of hydrogen-bond acceptors (Lipinski definition) is 4. The molecular formula is C19H15NO3. The number of Topliss-reactive ketones (excluding diaryl/α,β-unsaturated/α-hetero) is 1. The maximum atomic E-state index is 12.6. The molecule has 2 aromatic rings. The highest BCUT2D eigenvalue weighted by Crippen LogP contribution is 2.31. The maximum absolute atomic E-state index is 12.6. The van der Waals surface area contributed by atoms with Gasteiger partial charge in [-0.05, 0) is 36.6 Å². The van der Waals surface area contributed by atoms with Crippen LogP contribution >= 0.6 is 0 Å². The Morgan fingerprint density at radius 2 is 1.78 bits per heavy atom. The molecular weight excluding hydrogens is 290 g/mol. The van der Waals surface area contributed by atoms with Gasteiger partial charge in [0, 0.05) is 18.4 Å². The van der Waals surface area contributed by atoms with Gasteiger partial charge in [0.2, 0.25) is 5.78 Å². The van der Waals surface area contributed by atoms with Crippen molar-refractivity contribution < 1.29 is 14.3 Å². The number of esters is 1. The fraction of sp³-hybridized carbons (Fsp3) is 0.158. The molecule has 23 heavy (non-hydrogen) atoms. The topological polar surface area (TPSA) is 46.6 Å². The summed E-state index contributed by atoms with van der Waals surface area (Å²) in [5.41, 5.74) is 2.79. The summed E-state index contributed by atoms with van der Waals surface area (Å²) >= 11 is 0. The fourth-order valence-electron chi connectivity index (χ4n) is 3.10. The first-order chi connectivity index (χ1) is 11.2. The lowest BCUT2D eigenvalue weighted by Crippen LogP contribution is -2.30. The number of rotatable bonds is 1. The van der Waals surface area contributed by atoms with E-state index in [1.54, 1.807) is 30.5 Å². The van der Waals surface area contributed by atoms with Crippen molar-refractivity contribution in [2.45, 2.75) is 12.8 Å². The molecule has 0 amide bonds. The number of hydrogen-bond donors (Lipinski definition) is 0. The molecule has 2 aliphatic heterocycles. The van der Waals surface area contributed by atoms with Gasteiger partial charge in [0.05, 0.1) is 5.56 Å². The number of carbonyl (C=O) groups is 2. The Morgan fingerprint density at radius 3 is 2.70 bits per heavy atom. The zero-order valence-corrected chi connectivity index (χ0v) is 12.5. The van der Waals surface area contributed by atoms with Gasteiger partial charge >= 0.3 is 5.97 Å². The van der Waals surface area contributed by atoms with E-state index < -0.39 is 5.97 Å². The molecule has 4 nitrogen and oxygen atoms in total. The summed E-state index contributed by atoms with van der Waals surface area (Å²) in [6, 6.07) is 14.9. The Bertz CT molecular complexity index is 838. The number of benzene rings is 2. The van der Waals surface area contributed by atoms with E-state index in [0.717, 1.165) is 25.1 Å². The van der Waals surface area contributed by atoms with Crippen LogP contribution in [0.25, 0.3) is 0 Å². The van der Waals surface area contributed by atoms with Crippen molar-refractivity contribution in [3.05, 3.63) is 71.4 Å². The second kappa shape index (κ2) is 5.39. The molecule has 2 aliphatic rings. The molecule has 0 aromatic heterocycles. The van der Waals surface area contributed by atoms with E-state index in [9.17, 15) is 9.59 Å². The first-order valence-corrected chi connectivity index (χ1v) is 7.66. The van der Waals surface area contributed by atoms with Gasteiger partial charge in [0.15, 0.2) is 0 Å². The maximum Gasteiger partial charge on any atom is 0.349 e. The average molecular weight is 305 g/mol. The summed E-state index contributed by atoms with van der Waals surface area (Å²) < 4.78 is 5.29. The minimum absolute atomic E-state index is 0.0837.